The van der Waals surface area contributed by atoms with Crippen LogP contribution in [0.3, 0.4) is 0 Å². The van der Waals surface area contributed by atoms with Gasteiger partial charge in [0.15, 0.2) is 0 Å². The van der Waals surface area contributed by atoms with E-state index in [-0.39, 0.29) is 12.0 Å². The van der Waals surface area contributed by atoms with Crippen LogP contribution in [-0.2, 0) is 7.05 Å². The first kappa shape index (κ1) is 21.7. The van der Waals surface area contributed by atoms with Crippen molar-refractivity contribution in [3.63, 3.8) is 0 Å². The number of rotatable bonds is 6. The van der Waals surface area contributed by atoms with E-state index in [0.29, 0.717) is 36.0 Å². The zero-order valence-electron chi connectivity index (χ0n) is 18.9. The van der Waals surface area contributed by atoms with Crippen molar-refractivity contribution >= 4 is 5.91 Å². The maximum Gasteiger partial charge on any atom is 0.272 e. The summed E-state index contributed by atoms with van der Waals surface area (Å²) in [6, 6.07) is 11.2. The largest absolute Gasteiger partial charge is 0.497 e. The molecule has 0 bridgehead atoms. The first-order valence-corrected chi connectivity index (χ1v) is 10.6. The summed E-state index contributed by atoms with van der Waals surface area (Å²) in [5, 5.41) is 4.56. The number of amides is 1. The molecule has 8 heteroatoms. The highest BCUT2D eigenvalue weighted by Gasteiger charge is 2.27. The van der Waals surface area contributed by atoms with E-state index in [2.05, 4.69) is 10.1 Å². The predicted molar refractivity (Wildman–Crippen MR) is 120 cm³/mol. The number of benzene rings is 1. The van der Waals surface area contributed by atoms with Gasteiger partial charge in [-0.05, 0) is 43.3 Å². The van der Waals surface area contributed by atoms with E-state index in [1.165, 1.54) is 0 Å². The number of carbonyl (C=O) groups is 1. The van der Waals surface area contributed by atoms with Gasteiger partial charge in [-0.1, -0.05) is 0 Å². The molecular formula is C24H28N4O4. The van der Waals surface area contributed by atoms with Gasteiger partial charge in [-0.15, -0.1) is 0 Å². The lowest BCUT2D eigenvalue weighted by molar-refractivity contribution is 0.0585. The van der Waals surface area contributed by atoms with Gasteiger partial charge in [0.2, 0.25) is 0 Å². The summed E-state index contributed by atoms with van der Waals surface area (Å²) < 4.78 is 18.5. The molecule has 8 nitrogen and oxygen atoms in total. The standard InChI is InChI=1S/C24H28N4O4/c1-16-5-6-19(15-25-16)32-17-9-11-28(12-10-17)24(29)22-14-21(26-27(22)2)20-13-18(30-3)7-8-23(20)31-4/h5-8,13-15,17H,9-12H2,1-4H3. The highest BCUT2D eigenvalue weighted by Crippen LogP contribution is 2.33. The number of hydrogen-bond acceptors (Lipinski definition) is 6. The number of piperidine rings is 1. The number of carbonyl (C=O) groups excluding carboxylic acids is 1. The van der Waals surface area contributed by atoms with Gasteiger partial charge in [0.25, 0.3) is 5.91 Å². The molecule has 0 aliphatic carbocycles. The van der Waals surface area contributed by atoms with Crippen molar-refractivity contribution in [2.75, 3.05) is 27.3 Å². The summed E-state index contributed by atoms with van der Waals surface area (Å²) in [5.74, 6) is 2.10. The number of aromatic nitrogens is 3. The van der Waals surface area contributed by atoms with Crippen LogP contribution in [0.5, 0.6) is 17.2 Å². The van der Waals surface area contributed by atoms with Gasteiger partial charge < -0.3 is 19.1 Å². The molecule has 1 aliphatic rings. The van der Waals surface area contributed by atoms with Crippen LogP contribution in [0.2, 0.25) is 0 Å². The lowest BCUT2D eigenvalue weighted by Gasteiger charge is -2.32. The topological polar surface area (TPSA) is 78.7 Å². The van der Waals surface area contributed by atoms with E-state index in [1.807, 2.05) is 42.2 Å². The molecule has 1 saturated heterocycles. The molecule has 32 heavy (non-hydrogen) atoms. The minimum absolute atomic E-state index is 0.0384. The van der Waals surface area contributed by atoms with Gasteiger partial charge in [-0.2, -0.15) is 5.10 Å². The molecule has 1 fully saturated rings. The molecule has 2 aromatic heterocycles. The molecule has 4 rings (SSSR count). The minimum atomic E-state index is -0.0384. The molecule has 3 heterocycles. The highest BCUT2D eigenvalue weighted by atomic mass is 16.5. The molecule has 1 aliphatic heterocycles. The third kappa shape index (κ3) is 4.54. The van der Waals surface area contributed by atoms with Crippen LogP contribution >= 0.6 is 0 Å². The summed E-state index contributed by atoms with van der Waals surface area (Å²) in [5.41, 5.74) is 2.93. The zero-order chi connectivity index (χ0) is 22.7. The van der Waals surface area contributed by atoms with E-state index in [0.717, 1.165) is 29.8 Å². The molecular weight excluding hydrogens is 408 g/mol. The summed E-state index contributed by atoms with van der Waals surface area (Å²) in [6.45, 7) is 3.21. The molecule has 0 saturated carbocycles. The second-order valence-corrected chi connectivity index (χ2v) is 7.85. The Hall–Kier alpha value is -3.55. The minimum Gasteiger partial charge on any atom is -0.497 e. The van der Waals surface area contributed by atoms with Crippen LogP contribution in [0.1, 0.15) is 29.0 Å². The van der Waals surface area contributed by atoms with Crippen LogP contribution < -0.4 is 14.2 Å². The van der Waals surface area contributed by atoms with Crippen molar-refractivity contribution in [3.8, 4) is 28.5 Å². The monoisotopic (exact) mass is 436 g/mol. The van der Waals surface area contributed by atoms with E-state index >= 15 is 0 Å². The number of pyridine rings is 1. The van der Waals surface area contributed by atoms with E-state index in [1.54, 1.807) is 38.2 Å². The Balaban J connectivity index is 1.45. The van der Waals surface area contributed by atoms with E-state index in [4.69, 9.17) is 14.2 Å². The number of ether oxygens (including phenoxy) is 3. The number of nitrogens with zero attached hydrogens (tertiary/aromatic N) is 4. The highest BCUT2D eigenvalue weighted by molar-refractivity contribution is 5.94. The van der Waals surface area contributed by atoms with Crippen LogP contribution in [0.4, 0.5) is 0 Å². The van der Waals surface area contributed by atoms with Gasteiger partial charge >= 0.3 is 0 Å². The first-order valence-electron chi connectivity index (χ1n) is 10.6. The SMILES string of the molecule is COc1ccc(OC)c(-c2cc(C(=O)N3CCC(Oc4ccc(C)nc4)CC3)n(C)n2)c1. The number of aryl methyl sites for hydroxylation is 2. The molecule has 1 aromatic carbocycles. The fourth-order valence-corrected chi connectivity index (χ4v) is 3.87. The van der Waals surface area contributed by atoms with Crippen LogP contribution in [0.15, 0.2) is 42.6 Å². The van der Waals surface area contributed by atoms with Crippen LogP contribution in [0, 0.1) is 6.92 Å². The van der Waals surface area contributed by atoms with Crippen molar-refractivity contribution in [3.05, 3.63) is 54.0 Å². The van der Waals surface area contributed by atoms with Crippen molar-refractivity contribution in [1.29, 1.82) is 0 Å². The van der Waals surface area contributed by atoms with Gasteiger partial charge in [0, 0.05) is 44.2 Å². The Morgan fingerprint density at radius 3 is 2.44 bits per heavy atom. The Morgan fingerprint density at radius 1 is 1.03 bits per heavy atom. The molecule has 0 N–H and O–H groups in total. The maximum absolute atomic E-state index is 13.2. The molecule has 0 atom stereocenters. The van der Waals surface area contributed by atoms with Crippen LogP contribution in [0.25, 0.3) is 11.3 Å². The zero-order valence-corrected chi connectivity index (χ0v) is 18.9. The fourth-order valence-electron chi connectivity index (χ4n) is 3.87. The number of methoxy groups -OCH3 is 2. The van der Waals surface area contributed by atoms with Crippen molar-refractivity contribution in [2.45, 2.75) is 25.9 Å². The normalized spacial score (nSPS) is 14.3. The van der Waals surface area contributed by atoms with Gasteiger partial charge in [-0.3, -0.25) is 14.5 Å². The second kappa shape index (κ2) is 9.30. The molecule has 0 radical (unpaired) electrons. The first-order chi connectivity index (χ1) is 15.5. The molecule has 1 amide bonds. The summed E-state index contributed by atoms with van der Waals surface area (Å²) >= 11 is 0. The summed E-state index contributed by atoms with van der Waals surface area (Å²) in [6.07, 6.45) is 3.37. The quantitative estimate of drug-likeness (QED) is 0.589. The van der Waals surface area contributed by atoms with E-state index < -0.39 is 0 Å². The third-order valence-corrected chi connectivity index (χ3v) is 5.70. The Labute approximate surface area is 187 Å². The summed E-state index contributed by atoms with van der Waals surface area (Å²) in [4.78, 5) is 19.3. The Morgan fingerprint density at radius 2 is 1.78 bits per heavy atom. The van der Waals surface area contributed by atoms with E-state index in [9.17, 15) is 4.79 Å². The molecule has 3 aromatic rings. The van der Waals surface area contributed by atoms with Crippen LogP contribution in [-0.4, -0.2) is 59.0 Å². The maximum atomic E-state index is 13.2. The average molecular weight is 437 g/mol. The summed E-state index contributed by atoms with van der Waals surface area (Å²) in [7, 11) is 5.00. The number of hydrogen-bond donors (Lipinski definition) is 0. The predicted octanol–water partition coefficient (Wildman–Crippen LogP) is 3.49. The third-order valence-electron chi connectivity index (χ3n) is 5.70. The second-order valence-electron chi connectivity index (χ2n) is 7.85. The van der Waals surface area contributed by atoms with Gasteiger partial charge in [0.1, 0.15) is 29.0 Å². The average Bonchev–Trinajstić information content (AvgIpc) is 3.21. The van der Waals surface area contributed by atoms with Gasteiger partial charge in [0.05, 0.1) is 26.1 Å². The lowest BCUT2D eigenvalue weighted by Crippen LogP contribution is -2.42. The smallest absolute Gasteiger partial charge is 0.272 e. The molecule has 0 unspecified atom stereocenters. The lowest BCUT2D eigenvalue weighted by atomic mass is 10.1. The Bertz CT molecular complexity index is 1090. The van der Waals surface area contributed by atoms with Crippen molar-refractivity contribution in [1.82, 2.24) is 19.7 Å². The van der Waals surface area contributed by atoms with Gasteiger partial charge in [-0.25, -0.2) is 0 Å². The molecule has 0 spiro atoms. The fraction of sp³-hybridized carbons (Fsp3) is 0.375. The molecule has 168 valence electrons. The number of likely N-dealkylation sites (tertiary alicyclic amines) is 1. The van der Waals surface area contributed by atoms with Crippen molar-refractivity contribution in [2.24, 2.45) is 7.05 Å². The van der Waals surface area contributed by atoms with Crippen molar-refractivity contribution < 1.29 is 19.0 Å². The Kier molecular flexibility index (Phi) is 6.30.